The van der Waals surface area contributed by atoms with Gasteiger partial charge < -0.3 is 29.7 Å². The molecule has 7 nitrogen and oxygen atoms in total. The molecule has 0 atom stereocenters. The van der Waals surface area contributed by atoms with E-state index in [0.29, 0.717) is 48.9 Å². The van der Waals surface area contributed by atoms with E-state index in [1.807, 2.05) is 12.1 Å². The molecule has 1 aromatic carbocycles. The van der Waals surface area contributed by atoms with Gasteiger partial charge >= 0.3 is 0 Å². The normalized spacial score (nSPS) is 10.5. The number of nitrogens with one attached hydrogen (secondary N) is 1. The summed E-state index contributed by atoms with van der Waals surface area (Å²) in [5, 5.41) is 9.55. The van der Waals surface area contributed by atoms with E-state index >= 15 is 0 Å². The number of hydrogen-bond acceptors (Lipinski definition) is 6. The average Bonchev–Trinajstić information content (AvgIpc) is 3.02. The highest BCUT2D eigenvalue weighted by molar-refractivity contribution is 5.81. The van der Waals surface area contributed by atoms with Crippen molar-refractivity contribution in [3.8, 4) is 34.4 Å². The number of hydrogen-bond donors (Lipinski definition) is 2. The number of nitrogens with two attached hydrogens (primary N) is 1. The van der Waals surface area contributed by atoms with Crippen LogP contribution in [-0.4, -0.2) is 46.6 Å². The first-order valence-corrected chi connectivity index (χ1v) is 8.28. The van der Waals surface area contributed by atoms with Crippen molar-refractivity contribution in [2.24, 2.45) is 5.73 Å². The smallest absolute Gasteiger partial charge is 0.203 e. The van der Waals surface area contributed by atoms with Crippen LogP contribution < -0.4 is 19.9 Å². The van der Waals surface area contributed by atoms with Gasteiger partial charge in [0.25, 0.3) is 0 Å². The predicted octanol–water partition coefficient (Wildman–Crippen LogP) is 2.27. The van der Waals surface area contributed by atoms with E-state index in [1.165, 1.54) is 0 Å². The summed E-state index contributed by atoms with van der Waals surface area (Å²) >= 11 is 0. The Hall–Kier alpha value is -2.69. The number of nitriles is 1. The summed E-state index contributed by atoms with van der Waals surface area (Å²) in [5.41, 5.74) is 9.78. The minimum Gasteiger partial charge on any atom is -0.493 e. The van der Waals surface area contributed by atoms with Crippen molar-refractivity contribution in [3.05, 3.63) is 29.1 Å². The second-order valence-electron chi connectivity index (χ2n) is 5.61. The quantitative estimate of drug-likeness (QED) is 0.712. The average molecular weight is 359 g/mol. The highest BCUT2D eigenvalue weighted by Gasteiger charge is 2.24. The van der Waals surface area contributed by atoms with Gasteiger partial charge in [0.05, 0.1) is 27.9 Å². The van der Waals surface area contributed by atoms with Gasteiger partial charge in [-0.05, 0) is 30.7 Å². The summed E-state index contributed by atoms with van der Waals surface area (Å²) in [5.74, 6) is 1.62. The van der Waals surface area contributed by atoms with E-state index in [1.54, 1.807) is 28.4 Å². The molecule has 0 amide bonds. The van der Waals surface area contributed by atoms with Crippen LogP contribution in [0.3, 0.4) is 0 Å². The molecule has 0 aliphatic heterocycles. The van der Waals surface area contributed by atoms with E-state index < -0.39 is 0 Å². The van der Waals surface area contributed by atoms with Crippen molar-refractivity contribution in [1.82, 2.24) is 4.98 Å². The van der Waals surface area contributed by atoms with E-state index in [9.17, 15) is 5.26 Å². The van der Waals surface area contributed by atoms with Crippen LogP contribution in [0.1, 0.15) is 17.0 Å². The lowest BCUT2D eigenvalue weighted by Crippen LogP contribution is -2.05. The third kappa shape index (κ3) is 3.62. The molecule has 0 unspecified atom stereocenters. The Morgan fingerprint density at radius 2 is 1.77 bits per heavy atom. The van der Waals surface area contributed by atoms with Crippen LogP contribution in [0.25, 0.3) is 11.1 Å². The lowest BCUT2D eigenvalue weighted by molar-refractivity contribution is 0.202. The number of H-pyrrole nitrogens is 1. The Morgan fingerprint density at radius 1 is 1.04 bits per heavy atom. The van der Waals surface area contributed by atoms with Crippen molar-refractivity contribution in [2.75, 3.05) is 41.6 Å². The summed E-state index contributed by atoms with van der Waals surface area (Å²) in [6.07, 6.45) is 1.20. The maximum Gasteiger partial charge on any atom is 0.203 e. The molecule has 0 spiro atoms. The summed E-state index contributed by atoms with van der Waals surface area (Å²) in [6.45, 7) is 0.953. The second kappa shape index (κ2) is 9.13. The standard InChI is InChI=1S/C19H25N3O4/c1-23-10-8-12-15(11-21)22-14(7-9-20)17(12)13-5-6-16(24-2)19(26-4)18(13)25-3/h5-6,22H,7-10,20H2,1-4H3. The van der Waals surface area contributed by atoms with Crippen LogP contribution in [0.4, 0.5) is 0 Å². The highest BCUT2D eigenvalue weighted by Crippen LogP contribution is 2.46. The number of aromatic amines is 1. The van der Waals surface area contributed by atoms with Gasteiger partial charge in [-0.3, -0.25) is 0 Å². The van der Waals surface area contributed by atoms with E-state index in [-0.39, 0.29) is 0 Å². The van der Waals surface area contributed by atoms with Gasteiger partial charge in [0, 0.05) is 30.4 Å². The molecule has 0 bridgehead atoms. The van der Waals surface area contributed by atoms with Crippen molar-refractivity contribution < 1.29 is 18.9 Å². The van der Waals surface area contributed by atoms with Crippen LogP contribution in [0.5, 0.6) is 17.2 Å². The fourth-order valence-corrected chi connectivity index (χ4v) is 3.10. The SMILES string of the molecule is COCCc1c(C#N)[nH]c(CCN)c1-c1ccc(OC)c(OC)c1OC. The molecule has 1 aromatic heterocycles. The summed E-state index contributed by atoms with van der Waals surface area (Å²) in [4.78, 5) is 3.20. The molecule has 2 aromatic rings. The lowest BCUT2D eigenvalue weighted by atomic mass is 9.95. The van der Waals surface area contributed by atoms with Gasteiger partial charge in [-0.1, -0.05) is 0 Å². The number of nitrogens with zero attached hydrogens (tertiary/aromatic N) is 1. The van der Waals surface area contributed by atoms with Crippen LogP contribution in [-0.2, 0) is 17.6 Å². The molecule has 0 saturated carbocycles. The molecular formula is C19H25N3O4. The van der Waals surface area contributed by atoms with Crippen LogP contribution in [0, 0.1) is 11.3 Å². The minimum atomic E-state index is 0.456. The fraction of sp³-hybridized carbons (Fsp3) is 0.421. The van der Waals surface area contributed by atoms with Gasteiger partial charge in [-0.15, -0.1) is 0 Å². The summed E-state index contributed by atoms with van der Waals surface area (Å²) < 4.78 is 21.7. The molecule has 26 heavy (non-hydrogen) atoms. The van der Waals surface area contributed by atoms with Gasteiger partial charge in [-0.25, -0.2) is 0 Å². The van der Waals surface area contributed by atoms with Crippen molar-refractivity contribution in [3.63, 3.8) is 0 Å². The van der Waals surface area contributed by atoms with Crippen LogP contribution >= 0.6 is 0 Å². The molecule has 0 aliphatic rings. The monoisotopic (exact) mass is 359 g/mol. The predicted molar refractivity (Wildman–Crippen MR) is 98.9 cm³/mol. The molecule has 7 heteroatoms. The fourth-order valence-electron chi connectivity index (χ4n) is 3.10. The minimum absolute atomic E-state index is 0.456. The number of rotatable bonds is 9. The number of benzene rings is 1. The summed E-state index contributed by atoms with van der Waals surface area (Å²) in [7, 11) is 6.35. The molecule has 1 heterocycles. The van der Waals surface area contributed by atoms with Crippen LogP contribution in [0.2, 0.25) is 0 Å². The van der Waals surface area contributed by atoms with Gasteiger partial charge in [0.15, 0.2) is 11.5 Å². The van der Waals surface area contributed by atoms with E-state index in [2.05, 4.69) is 11.1 Å². The Bertz CT molecular complexity index is 793. The first-order valence-electron chi connectivity index (χ1n) is 8.28. The van der Waals surface area contributed by atoms with E-state index in [0.717, 1.165) is 22.4 Å². The molecule has 0 aliphatic carbocycles. The maximum atomic E-state index is 9.55. The zero-order chi connectivity index (χ0) is 19.1. The van der Waals surface area contributed by atoms with Gasteiger partial charge in [-0.2, -0.15) is 5.26 Å². The molecule has 140 valence electrons. The Morgan fingerprint density at radius 3 is 2.31 bits per heavy atom. The molecule has 0 radical (unpaired) electrons. The largest absolute Gasteiger partial charge is 0.493 e. The third-order valence-electron chi connectivity index (χ3n) is 4.22. The molecular weight excluding hydrogens is 334 g/mol. The Kier molecular flexibility index (Phi) is 6.89. The Balaban J connectivity index is 2.77. The number of ether oxygens (including phenoxy) is 4. The van der Waals surface area contributed by atoms with Gasteiger partial charge in [0.2, 0.25) is 5.75 Å². The summed E-state index contributed by atoms with van der Waals surface area (Å²) in [6, 6.07) is 5.96. The highest BCUT2D eigenvalue weighted by atomic mass is 16.5. The van der Waals surface area contributed by atoms with Crippen molar-refractivity contribution >= 4 is 0 Å². The zero-order valence-electron chi connectivity index (χ0n) is 15.6. The van der Waals surface area contributed by atoms with Crippen molar-refractivity contribution in [1.29, 1.82) is 5.26 Å². The number of methoxy groups -OCH3 is 4. The topological polar surface area (TPSA) is 103 Å². The first-order chi connectivity index (χ1) is 12.7. The second-order valence-corrected chi connectivity index (χ2v) is 5.61. The van der Waals surface area contributed by atoms with Crippen molar-refractivity contribution in [2.45, 2.75) is 12.8 Å². The third-order valence-corrected chi connectivity index (χ3v) is 4.22. The lowest BCUT2D eigenvalue weighted by Gasteiger charge is -2.17. The van der Waals surface area contributed by atoms with E-state index in [4.69, 9.17) is 24.7 Å². The molecule has 0 fully saturated rings. The number of aromatic nitrogens is 1. The molecule has 3 N–H and O–H groups in total. The first kappa shape index (κ1) is 19.6. The zero-order valence-corrected chi connectivity index (χ0v) is 15.6. The molecule has 2 rings (SSSR count). The van der Waals surface area contributed by atoms with Crippen LogP contribution in [0.15, 0.2) is 12.1 Å². The molecule has 0 saturated heterocycles. The Labute approximate surface area is 153 Å². The van der Waals surface area contributed by atoms with Gasteiger partial charge in [0.1, 0.15) is 11.8 Å². The maximum absolute atomic E-state index is 9.55.